The van der Waals surface area contributed by atoms with E-state index in [1.807, 2.05) is 6.07 Å². The summed E-state index contributed by atoms with van der Waals surface area (Å²) in [6.07, 6.45) is 3.18. The Hall–Kier alpha value is -1.31. The predicted octanol–water partition coefficient (Wildman–Crippen LogP) is 4.15. The lowest BCUT2D eigenvalue weighted by Gasteiger charge is -2.29. The summed E-state index contributed by atoms with van der Waals surface area (Å²) in [7, 11) is 0. The molecular formula is C14H20N2. The second-order valence-electron chi connectivity index (χ2n) is 4.76. The standard InChI is InChI=1S/C14H20N2/c1-4-11-10-14(3,5-2)16-13-9-7-6-8-12(13)15-11/h6-9,16H,4-5,10H2,1-3H3. The minimum absolute atomic E-state index is 0.140. The van der Waals surface area contributed by atoms with Crippen LogP contribution < -0.4 is 5.32 Å². The van der Waals surface area contributed by atoms with Crippen LogP contribution in [0.1, 0.15) is 40.0 Å². The fourth-order valence-corrected chi connectivity index (χ4v) is 2.12. The van der Waals surface area contributed by atoms with Crippen LogP contribution in [0.15, 0.2) is 29.3 Å². The topological polar surface area (TPSA) is 24.4 Å². The van der Waals surface area contributed by atoms with Crippen LogP contribution in [0.5, 0.6) is 0 Å². The van der Waals surface area contributed by atoms with E-state index in [4.69, 9.17) is 4.99 Å². The van der Waals surface area contributed by atoms with Gasteiger partial charge in [-0.2, -0.15) is 0 Å². The average molecular weight is 216 g/mol. The smallest absolute Gasteiger partial charge is 0.0860 e. The van der Waals surface area contributed by atoms with Crippen molar-refractivity contribution >= 4 is 17.1 Å². The van der Waals surface area contributed by atoms with Gasteiger partial charge in [-0.3, -0.25) is 4.99 Å². The van der Waals surface area contributed by atoms with E-state index in [9.17, 15) is 0 Å². The molecule has 2 rings (SSSR count). The molecule has 2 heteroatoms. The number of anilines is 1. The summed E-state index contributed by atoms with van der Waals surface area (Å²) in [6.45, 7) is 6.69. The molecule has 1 aliphatic heterocycles. The molecule has 0 fully saturated rings. The summed E-state index contributed by atoms with van der Waals surface area (Å²) in [6, 6.07) is 8.31. The fourth-order valence-electron chi connectivity index (χ4n) is 2.12. The largest absolute Gasteiger partial charge is 0.378 e. The molecule has 1 N–H and O–H groups in total. The Morgan fingerprint density at radius 1 is 1.31 bits per heavy atom. The van der Waals surface area contributed by atoms with Crippen LogP contribution in [0, 0.1) is 0 Å². The van der Waals surface area contributed by atoms with Gasteiger partial charge in [0.15, 0.2) is 0 Å². The van der Waals surface area contributed by atoms with Gasteiger partial charge in [0.25, 0.3) is 0 Å². The molecule has 0 saturated heterocycles. The van der Waals surface area contributed by atoms with Gasteiger partial charge in [0, 0.05) is 17.7 Å². The Labute approximate surface area is 97.8 Å². The van der Waals surface area contributed by atoms with E-state index in [1.54, 1.807) is 0 Å². The third-order valence-corrected chi connectivity index (χ3v) is 3.40. The average Bonchev–Trinajstić information content (AvgIpc) is 2.45. The van der Waals surface area contributed by atoms with Gasteiger partial charge in [-0.15, -0.1) is 0 Å². The molecule has 0 radical (unpaired) electrons. The summed E-state index contributed by atoms with van der Waals surface area (Å²) in [5, 5.41) is 3.64. The van der Waals surface area contributed by atoms with Crippen molar-refractivity contribution in [3.8, 4) is 0 Å². The molecule has 1 unspecified atom stereocenters. The van der Waals surface area contributed by atoms with Gasteiger partial charge in [0.1, 0.15) is 0 Å². The Morgan fingerprint density at radius 3 is 2.75 bits per heavy atom. The Morgan fingerprint density at radius 2 is 2.06 bits per heavy atom. The Kier molecular flexibility index (Phi) is 2.99. The third-order valence-electron chi connectivity index (χ3n) is 3.40. The predicted molar refractivity (Wildman–Crippen MR) is 70.8 cm³/mol. The maximum atomic E-state index is 4.76. The van der Waals surface area contributed by atoms with E-state index < -0.39 is 0 Å². The number of aliphatic imine (C=N–C) groups is 1. The molecule has 1 aromatic carbocycles. The highest BCUT2D eigenvalue weighted by Gasteiger charge is 2.26. The van der Waals surface area contributed by atoms with Gasteiger partial charge in [0.2, 0.25) is 0 Å². The molecule has 1 heterocycles. The number of rotatable bonds is 2. The van der Waals surface area contributed by atoms with E-state index in [0.717, 1.165) is 30.6 Å². The lowest BCUT2D eigenvalue weighted by molar-refractivity contribution is 0.514. The van der Waals surface area contributed by atoms with Crippen molar-refractivity contribution in [2.24, 2.45) is 4.99 Å². The van der Waals surface area contributed by atoms with Crippen LogP contribution >= 0.6 is 0 Å². The zero-order chi connectivity index (χ0) is 11.6. The number of nitrogens with zero attached hydrogens (tertiary/aromatic N) is 1. The first kappa shape index (κ1) is 11.2. The van der Waals surface area contributed by atoms with Crippen LogP contribution in [0.3, 0.4) is 0 Å². The monoisotopic (exact) mass is 216 g/mol. The van der Waals surface area contributed by atoms with Gasteiger partial charge >= 0.3 is 0 Å². The normalized spacial score (nSPS) is 24.1. The maximum Gasteiger partial charge on any atom is 0.0860 e. The van der Waals surface area contributed by atoms with Gasteiger partial charge in [-0.1, -0.05) is 26.0 Å². The Balaban J connectivity index is 2.45. The minimum Gasteiger partial charge on any atom is -0.378 e. The molecule has 0 aromatic heterocycles. The molecule has 0 amide bonds. The summed E-state index contributed by atoms with van der Waals surface area (Å²) in [4.78, 5) is 4.76. The van der Waals surface area contributed by atoms with Crippen LogP contribution in [-0.2, 0) is 0 Å². The van der Waals surface area contributed by atoms with E-state index in [2.05, 4.69) is 44.3 Å². The van der Waals surface area contributed by atoms with Gasteiger partial charge < -0.3 is 5.32 Å². The highest BCUT2D eigenvalue weighted by molar-refractivity contribution is 5.91. The molecule has 0 saturated carbocycles. The second-order valence-corrected chi connectivity index (χ2v) is 4.76. The van der Waals surface area contributed by atoms with Crippen LogP contribution in [0.4, 0.5) is 11.4 Å². The lowest BCUT2D eigenvalue weighted by Crippen LogP contribution is -2.35. The van der Waals surface area contributed by atoms with Crippen molar-refractivity contribution < 1.29 is 0 Å². The highest BCUT2D eigenvalue weighted by atomic mass is 15.0. The molecule has 0 aliphatic carbocycles. The molecule has 1 aromatic rings. The van der Waals surface area contributed by atoms with Gasteiger partial charge in [0.05, 0.1) is 11.4 Å². The summed E-state index contributed by atoms with van der Waals surface area (Å²) in [5.74, 6) is 0. The summed E-state index contributed by atoms with van der Waals surface area (Å²) < 4.78 is 0. The van der Waals surface area contributed by atoms with E-state index in [0.29, 0.717) is 0 Å². The van der Waals surface area contributed by atoms with E-state index in [-0.39, 0.29) is 5.54 Å². The van der Waals surface area contributed by atoms with Crippen molar-refractivity contribution in [1.29, 1.82) is 0 Å². The first-order chi connectivity index (χ1) is 7.67. The van der Waals surface area contributed by atoms with Crippen LogP contribution in [0.25, 0.3) is 0 Å². The molecule has 86 valence electrons. The van der Waals surface area contributed by atoms with Crippen molar-refractivity contribution in [1.82, 2.24) is 0 Å². The molecule has 2 nitrogen and oxygen atoms in total. The summed E-state index contributed by atoms with van der Waals surface area (Å²) in [5.41, 5.74) is 3.68. The first-order valence-corrected chi connectivity index (χ1v) is 6.10. The van der Waals surface area contributed by atoms with Gasteiger partial charge in [-0.05, 0) is 31.9 Å². The quantitative estimate of drug-likeness (QED) is 0.789. The third kappa shape index (κ3) is 2.11. The second kappa shape index (κ2) is 4.28. The number of hydrogen-bond acceptors (Lipinski definition) is 2. The number of fused-ring (bicyclic) bond motifs is 1. The fraction of sp³-hybridized carbons (Fsp3) is 0.500. The number of benzene rings is 1. The Bertz CT molecular complexity index is 409. The van der Waals surface area contributed by atoms with Crippen molar-refractivity contribution in [2.45, 2.75) is 45.6 Å². The van der Waals surface area contributed by atoms with Crippen LogP contribution in [-0.4, -0.2) is 11.3 Å². The summed E-state index contributed by atoms with van der Waals surface area (Å²) >= 11 is 0. The lowest BCUT2D eigenvalue weighted by atomic mass is 9.91. The number of para-hydroxylation sites is 2. The molecule has 0 spiro atoms. The zero-order valence-electron chi connectivity index (χ0n) is 10.4. The SMILES string of the molecule is CCC1=Nc2ccccc2NC(C)(CC)C1. The minimum atomic E-state index is 0.140. The highest BCUT2D eigenvalue weighted by Crippen LogP contribution is 2.34. The number of hydrogen-bond donors (Lipinski definition) is 1. The van der Waals surface area contributed by atoms with Crippen molar-refractivity contribution in [3.63, 3.8) is 0 Å². The molecule has 1 aliphatic rings. The zero-order valence-corrected chi connectivity index (χ0v) is 10.4. The molecule has 0 bridgehead atoms. The van der Waals surface area contributed by atoms with E-state index in [1.165, 1.54) is 5.71 Å². The van der Waals surface area contributed by atoms with Crippen LogP contribution in [0.2, 0.25) is 0 Å². The molecular weight excluding hydrogens is 196 g/mol. The molecule has 16 heavy (non-hydrogen) atoms. The van der Waals surface area contributed by atoms with Gasteiger partial charge in [-0.25, -0.2) is 0 Å². The number of nitrogens with one attached hydrogen (secondary N) is 1. The maximum absolute atomic E-state index is 4.76. The van der Waals surface area contributed by atoms with Crippen molar-refractivity contribution in [3.05, 3.63) is 24.3 Å². The van der Waals surface area contributed by atoms with Crippen molar-refractivity contribution in [2.75, 3.05) is 5.32 Å². The first-order valence-electron chi connectivity index (χ1n) is 6.10. The van der Waals surface area contributed by atoms with E-state index >= 15 is 0 Å². The molecule has 1 atom stereocenters.